The largest absolute Gasteiger partial charge is 0.481 e. The highest BCUT2D eigenvalue weighted by molar-refractivity contribution is 5.66. The molecule has 0 aliphatic rings. The molecule has 0 rings (SSSR count). The highest BCUT2D eigenvalue weighted by atomic mass is 16.4. The zero-order valence-corrected chi connectivity index (χ0v) is 12.8. The Morgan fingerprint density at radius 1 is 0.850 bits per heavy atom. The molecule has 2 heteroatoms. The van der Waals surface area contributed by atoms with Crippen molar-refractivity contribution in [2.75, 3.05) is 0 Å². The van der Waals surface area contributed by atoms with Gasteiger partial charge in [0.05, 0.1) is 0 Å². The van der Waals surface area contributed by atoms with Crippen LogP contribution in [-0.4, -0.2) is 11.1 Å². The molecule has 0 saturated heterocycles. The fourth-order valence-electron chi connectivity index (χ4n) is 2.12. The number of carboxylic acid groups (broad SMARTS) is 1. The number of rotatable bonds is 14. The molecule has 0 unspecified atom stereocenters. The first-order valence-electron chi connectivity index (χ1n) is 7.98. The van der Waals surface area contributed by atoms with Crippen LogP contribution in [-0.2, 0) is 4.79 Å². The van der Waals surface area contributed by atoms with Crippen molar-refractivity contribution in [3.05, 3.63) is 30.5 Å². The first-order chi connectivity index (χ1) is 9.77. The first kappa shape index (κ1) is 18.7. The molecule has 0 aromatic carbocycles. The van der Waals surface area contributed by atoms with Gasteiger partial charge in [-0.25, -0.2) is 0 Å². The second kappa shape index (κ2) is 15.8. The van der Waals surface area contributed by atoms with Crippen molar-refractivity contribution in [1.29, 1.82) is 0 Å². The molecule has 0 amide bonds. The summed E-state index contributed by atoms with van der Waals surface area (Å²) in [4.78, 5) is 10.3. The smallest absolute Gasteiger partial charge is 0.303 e. The van der Waals surface area contributed by atoms with E-state index in [1.807, 2.05) is 6.08 Å². The van der Waals surface area contributed by atoms with Gasteiger partial charge in [-0.1, -0.05) is 57.3 Å². The molecule has 0 aliphatic carbocycles. The van der Waals surface area contributed by atoms with Gasteiger partial charge in [0.25, 0.3) is 0 Å². The van der Waals surface area contributed by atoms with Crippen LogP contribution in [0.25, 0.3) is 0 Å². The molecule has 1 N–H and O–H groups in total. The number of carbonyl (C=O) groups is 1. The lowest BCUT2D eigenvalue weighted by atomic mass is 10.1. The molecule has 0 radical (unpaired) electrons. The summed E-state index contributed by atoms with van der Waals surface area (Å²) >= 11 is 0. The molecule has 0 aromatic heterocycles. The van der Waals surface area contributed by atoms with Gasteiger partial charge in [-0.2, -0.15) is 0 Å². The molecule has 0 aromatic rings. The van der Waals surface area contributed by atoms with Crippen LogP contribution in [0.5, 0.6) is 0 Å². The number of carboxylic acids is 1. The predicted octanol–water partition coefficient (Wildman–Crippen LogP) is 5.65. The molecule has 20 heavy (non-hydrogen) atoms. The molecule has 2 nitrogen and oxygen atoms in total. The van der Waals surface area contributed by atoms with Gasteiger partial charge in [0.2, 0.25) is 0 Å². The predicted molar refractivity (Wildman–Crippen MR) is 85.9 cm³/mol. The van der Waals surface area contributed by atoms with Crippen LogP contribution >= 0.6 is 0 Å². The van der Waals surface area contributed by atoms with Crippen LogP contribution in [0.2, 0.25) is 0 Å². The minimum absolute atomic E-state index is 0.328. The third-order valence-corrected chi connectivity index (χ3v) is 3.30. The van der Waals surface area contributed by atoms with Crippen molar-refractivity contribution < 1.29 is 9.90 Å². The topological polar surface area (TPSA) is 37.3 Å². The van der Waals surface area contributed by atoms with Gasteiger partial charge >= 0.3 is 5.97 Å². The Kier molecular flexibility index (Phi) is 14.8. The number of hydrogen-bond donors (Lipinski definition) is 1. The van der Waals surface area contributed by atoms with E-state index in [0.717, 1.165) is 25.7 Å². The lowest BCUT2D eigenvalue weighted by molar-refractivity contribution is -0.137. The summed E-state index contributed by atoms with van der Waals surface area (Å²) in [5.41, 5.74) is 2.78. The van der Waals surface area contributed by atoms with Gasteiger partial charge in [-0.05, 0) is 38.2 Å². The fraction of sp³-hybridized carbons (Fsp3) is 0.667. The molecule has 0 spiro atoms. The van der Waals surface area contributed by atoms with E-state index < -0.39 is 5.97 Å². The summed E-state index contributed by atoms with van der Waals surface area (Å²) in [6, 6.07) is 0. The first-order valence-corrected chi connectivity index (χ1v) is 7.98. The van der Waals surface area contributed by atoms with E-state index in [1.165, 1.54) is 44.9 Å². The standard InChI is InChI=1S/C18H30O2/c1-2-3-4-5-6-7-8-9-10-11-12-13-14-15-16-17-18(19)20/h3,6-7H,1,4-5,8-17H2,(H,19,20). The van der Waals surface area contributed by atoms with E-state index in [1.54, 1.807) is 0 Å². The molecule has 0 bridgehead atoms. The van der Waals surface area contributed by atoms with Crippen molar-refractivity contribution in [3.63, 3.8) is 0 Å². The van der Waals surface area contributed by atoms with E-state index >= 15 is 0 Å². The molecular formula is C18H30O2. The van der Waals surface area contributed by atoms with Crippen LogP contribution in [0, 0.1) is 0 Å². The third kappa shape index (κ3) is 16.7. The Hall–Kier alpha value is -1.27. The molecule has 0 aliphatic heterocycles. The zero-order valence-electron chi connectivity index (χ0n) is 12.8. The second-order valence-electron chi connectivity index (χ2n) is 5.22. The van der Waals surface area contributed by atoms with Crippen molar-refractivity contribution in [3.8, 4) is 0 Å². The quantitative estimate of drug-likeness (QED) is 0.253. The van der Waals surface area contributed by atoms with Crippen LogP contribution in [0.1, 0.15) is 77.0 Å². The summed E-state index contributed by atoms with van der Waals surface area (Å²) in [7, 11) is 0. The van der Waals surface area contributed by atoms with E-state index in [-0.39, 0.29) is 0 Å². The van der Waals surface area contributed by atoms with Gasteiger partial charge in [0.15, 0.2) is 0 Å². The molecule has 114 valence electrons. The van der Waals surface area contributed by atoms with E-state index in [9.17, 15) is 4.79 Å². The Bertz CT molecular complexity index is 299. The van der Waals surface area contributed by atoms with Gasteiger partial charge < -0.3 is 5.11 Å². The minimum atomic E-state index is -0.668. The number of unbranched alkanes of at least 4 members (excludes halogenated alkanes) is 9. The van der Waals surface area contributed by atoms with Crippen molar-refractivity contribution in [1.82, 2.24) is 0 Å². The molecule has 0 atom stereocenters. The Balaban J connectivity index is 3.09. The molecule has 0 saturated carbocycles. The highest BCUT2D eigenvalue weighted by Crippen LogP contribution is 2.11. The van der Waals surface area contributed by atoms with Crippen LogP contribution in [0.3, 0.4) is 0 Å². The lowest BCUT2D eigenvalue weighted by Crippen LogP contribution is -1.93. The van der Waals surface area contributed by atoms with E-state index in [4.69, 9.17) is 5.11 Å². The monoisotopic (exact) mass is 278 g/mol. The average Bonchev–Trinajstić information content (AvgIpc) is 2.43. The highest BCUT2D eigenvalue weighted by Gasteiger charge is 1.96. The molecular weight excluding hydrogens is 248 g/mol. The van der Waals surface area contributed by atoms with Crippen LogP contribution in [0.4, 0.5) is 0 Å². The van der Waals surface area contributed by atoms with Crippen LogP contribution in [0.15, 0.2) is 30.5 Å². The summed E-state index contributed by atoms with van der Waals surface area (Å²) in [6.07, 6.45) is 19.7. The van der Waals surface area contributed by atoms with Gasteiger partial charge in [-0.3, -0.25) is 4.79 Å². The summed E-state index contributed by atoms with van der Waals surface area (Å²) in [6.45, 7) is 3.54. The fourth-order valence-corrected chi connectivity index (χ4v) is 2.12. The second-order valence-corrected chi connectivity index (χ2v) is 5.22. The average molecular weight is 278 g/mol. The molecule has 0 heterocycles. The third-order valence-electron chi connectivity index (χ3n) is 3.30. The number of hydrogen-bond acceptors (Lipinski definition) is 1. The van der Waals surface area contributed by atoms with Crippen molar-refractivity contribution >= 4 is 5.97 Å². The maximum Gasteiger partial charge on any atom is 0.303 e. The molecule has 0 fully saturated rings. The zero-order chi connectivity index (χ0) is 14.9. The summed E-state index contributed by atoms with van der Waals surface area (Å²) in [5.74, 6) is -0.668. The lowest BCUT2D eigenvalue weighted by Gasteiger charge is -2.00. The van der Waals surface area contributed by atoms with Gasteiger partial charge in [0.1, 0.15) is 0 Å². The van der Waals surface area contributed by atoms with Crippen LogP contribution < -0.4 is 0 Å². The number of aliphatic carboxylic acids is 1. The minimum Gasteiger partial charge on any atom is -0.481 e. The maximum absolute atomic E-state index is 10.3. The number of allylic oxidation sites excluding steroid dienone is 3. The Morgan fingerprint density at radius 2 is 1.40 bits per heavy atom. The SMILES string of the molecule is C=C=CCCC=CCCCCCCCCCCC(=O)O. The summed E-state index contributed by atoms with van der Waals surface area (Å²) < 4.78 is 0. The van der Waals surface area contributed by atoms with Crippen molar-refractivity contribution in [2.45, 2.75) is 77.0 Å². The normalized spacial score (nSPS) is 10.6. The van der Waals surface area contributed by atoms with Gasteiger partial charge in [0, 0.05) is 6.42 Å². The van der Waals surface area contributed by atoms with E-state index in [0.29, 0.717) is 6.42 Å². The Morgan fingerprint density at radius 3 is 2.00 bits per heavy atom. The Labute approximate surface area is 124 Å². The van der Waals surface area contributed by atoms with E-state index in [2.05, 4.69) is 24.5 Å². The summed E-state index contributed by atoms with van der Waals surface area (Å²) in [5, 5.41) is 8.50. The maximum atomic E-state index is 10.3. The van der Waals surface area contributed by atoms with Crippen molar-refractivity contribution in [2.24, 2.45) is 0 Å². The van der Waals surface area contributed by atoms with Gasteiger partial charge in [-0.15, -0.1) is 5.73 Å².